The van der Waals surface area contributed by atoms with E-state index in [1.54, 1.807) is 21.2 Å². The first-order valence-corrected chi connectivity index (χ1v) is 9.96. The van der Waals surface area contributed by atoms with Crippen LogP contribution in [0.5, 0.6) is 11.5 Å². The fraction of sp³-hybridized carbons (Fsp3) is 0.391. The summed E-state index contributed by atoms with van der Waals surface area (Å²) in [5.41, 5.74) is 2.13. The number of halogens is 1. The Kier molecular flexibility index (Phi) is 11.8. The maximum Gasteiger partial charge on any atom is 0.241 e. The molecule has 0 radical (unpaired) electrons. The molecule has 0 bridgehead atoms. The van der Waals surface area contributed by atoms with E-state index in [9.17, 15) is 4.79 Å². The Morgan fingerprint density at radius 1 is 1.10 bits per heavy atom. The first-order chi connectivity index (χ1) is 14.4. The summed E-state index contributed by atoms with van der Waals surface area (Å²) in [6.45, 7) is 5.19. The first kappa shape index (κ1) is 26.5. The Balaban J connectivity index is 0.00000480. The number of methoxy groups -OCH3 is 1. The Hall–Kier alpha value is -2.49. The number of nitrogens with one attached hydrogen (secondary N) is 2. The predicted molar refractivity (Wildman–Crippen MR) is 136 cm³/mol. The molecule has 7 nitrogen and oxygen atoms in total. The Morgan fingerprint density at radius 3 is 2.39 bits per heavy atom. The number of carbonyl (C=O) groups is 1. The molecule has 31 heavy (non-hydrogen) atoms. The van der Waals surface area contributed by atoms with Crippen LogP contribution in [0.2, 0.25) is 0 Å². The highest BCUT2D eigenvalue weighted by Crippen LogP contribution is 2.17. The highest BCUT2D eigenvalue weighted by atomic mass is 127. The highest BCUT2D eigenvalue weighted by Gasteiger charge is 2.10. The van der Waals surface area contributed by atoms with E-state index < -0.39 is 0 Å². The number of likely N-dealkylation sites (N-methyl/N-ethyl adjacent to an activating group) is 1. The van der Waals surface area contributed by atoms with Gasteiger partial charge in [0.1, 0.15) is 17.6 Å². The van der Waals surface area contributed by atoms with E-state index >= 15 is 0 Å². The number of aliphatic imine (C=N–C) groups is 1. The van der Waals surface area contributed by atoms with Gasteiger partial charge in [0.05, 0.1) is 26.7 Å². The summed E-state index contributed by atoms with van der Waals surface area (Å²) >= 11 is 0. The third kappa shape index (κ3) is 9.46. The minimum atomic E-state index is -0.0800. The lowest BCUT2D eigenvalue weighted by Gasteiger charge is -2.19. The van der Waals surface area contributed by atoms with Crippen molar-refractivity contribution in [3.8, 4) is 11.5 Å². The third-order valence-corrected chi connectivity index (χ3v) is 4.46. The predicted octanol–water partition coefficient (Wildman–Crippen LogP) is 3.21. The van der Waals surface area contributed by atoms with Crippen LogP contribution in [0.1, 0.15) is 18.1 Å². The molecule has 0 saturated carbocycles. The molecule has 0 spiro atoms. The summed E-state index contributed by atoms with van der Waals surface area (Å²) in [6.07, 6.45) is -0.0800. The summed E-state index contributed by atoms with van der Waals surface area (Å²) in [4.78, 5) is 18.1. The molecule has 2 aromatic rings. The van der Waals surface area contributed by atoms with Gasteiger partial charge in [0, 0.05) is 14.1 Å². The molecule has 0 saturated heterocycles. The van der Waals surface area contributed by atoms with Crippen molar-refractivity contribution < 1.29 is 14.3 Å². The molecule has 2 aromatic carbocycles. The summed E-state index contributed by atoms with van der Waals surface area (Å²) in [5, 5.41) is 6.36. The van der Waals surface area contributed by atoms with Crippen LogP contribution in [0.15, 0.2) is 53.5 Å². The molecule has 1 unspecified atom stereocenters. The van der Waals surface area contributed by atoms with Crippen LogP contribution >= 0.6 is 24.0 Å². The molecule has 2 N–H and O–H groups in total. The zero-order valence-electron chi connectivity index (χ0n) is 18.8. The average molecular weight is 540 g/mol. The van der Waals surface area contributed by atoms with Crippen molar-refractivity contribution in [2.45, 2.75) is 26.5 Å². The number of guanidine groups is 1. The number of ether oxygens (including phenoxy) is 2. The lowest BCUT2D eigenvalue weighted by Crippen LogP contribution is -2.45. The van der Waals surface area contributed by atoms with E-state index in [1.165, 1.54) is 4.90 Å². The number of rotatable bonds is 9. The zero-order chi connectivity index (χ0) is 21.9. The number of aryl methyl sites for hydroxylation is 1. The van der Waals surface area contributed by atoms with Gasteiger partial charge >= 0.3 is 0 Å². The van der Waals surface area contributed by atoms with Gasteiger partial charge in [-0.3, -0.25) is 4.79 Å². The third-order valence-electron chi connectivity index (χ3n) is 4.46. The molecule has 1 amide bonds. The van der Waals surface area contributed by atoms with Gasteiger partial charge in [0.2, 0.25) is 5.91 Å². The number of nitrogens with zero attached hydrogens (tertiary/aromatic N) is 2. The van der Waals surface area contributed by atoms with Crippen molar-refractivity contribution in [1.29, 1.82) is 0 Å². The smallest absolute Gasteiger partial charge is 0.241 e. The summed E-state index contributed by atoms with van der Waals surface area (Å²) in [6, 6.07) is 15.7. The minimum Gasteiger partial charge on any atom is -0.497 e. The monoisotopic (exact) mass is 540 g/mol. The van der Waals surface area contributed by atoms with E-state index in [1.807, 2.05) is 62.4 Å². The van der Waals surface area contributed by atoms with Crippen molar-refractivity contribution in [3.05, 3.63) is 59.7 Å². The second kappa shape index (κ2) is 13.7. The molecule has 0 aliphatic heterocycles. The minimum absolute atomic E-state index is 0. The van der Waals surface area contributed by atoms with Crippen molar-refractivity contribution in [1.82, 2.24) is 15.5 Å². The molecule has 1 atom stereocenters. The van der Waals surface area contributed by atoms with Gasteiger partial charge in [-0.15, -0.1) is 24.0 Å². The molecule has 170 valence electrons. The van der Waals surface area contributed by atoms with Crippen molar-refractivity contribution in [2.24, 2.45) is 4.99 Å². The summed E-state index contributed by atoms with van der Waals surface area (Å²) < 4.78 is 11.2. The van der Waals surface area contributed by atoms with Crippen molar-refractivity contribution in [2.75, 3.05) is 34.3 Å². The maximum absolute atomic E-state index is 12.0. The standard InChI is InChI=1S/C23H32N4O3.HI/c1-17-8-6-7-9-21(17)30-18(2)14-24-23(26-16-22(28)27(3)4)25-15-19-10-12-20(29-5)13-11-19;/h6-13,18H,14-16H2,1-5H3,(H2,24,25,26);1H. The van der Waals surface area contributed by atoms with Crippen LogP contribution in [0.25, 0.3) is 0 Å². The molecule has 0 heterocycles. The van der Waals surface area contributed by atoms with Crippen LogP contribution < -0.4 is 20.1 Å². The fourth-order valence-corrected chi connectivity index (χ4v) is 2.58. The molecule has 0 aromatic heterocycles. The van der Waals surface area contributed by atoms with Crippen LogP contribution in [0.3, 0.4) is 0 Å². The van der Waals surface area contributed by atoms with Crippen LogP contribution in [-0.4, -0.2) is 57.2 Å². The normalized spacial score (nSPS) is 11.7. The number of carbonyl (C=O) groups excluding carboxylic acids is 1. The van der Waals surface area contributed by atoms with Crippen LogP contribution in [0.4, 0.5) is 0 Å². The lowest BCUT2D eigenvalue weighted by atomic mass is 10.2. The Labute approximate surface area is 202 Å². The molecule has 8 heteroatoms. The van der Waals surface area contributed by atoms with E-state index in [0.717, 1.165) is 22.6 Å². The topological polar surface area (TPSA) is 75.2 Å². The average Bonchev–Trinajstić information content (AvgIpc) is 2.74. The summed E-state index contributed by atoms with van der Waals surface area (Å²) in [5.74, 6) is 2.19. The quantitative estimate of drug-likeness (QED) is 0.291. The Bertz CT molecular complexity index is 841. The van der Waals surface area contributed by atoms with Crippen molar-refractivity contribution in [3.63, 3.8) is 0 Å². The number of hydrogen-bond acceptors (Lipinski definition) is 4. The number of benzene rings is 2. The zero-order valence-corrected chi connectivity index (χ0v) is 21.2. The molecule has 0 aliphatic carbocycles. The van der Waals surface area contributed by atoms with Gasteiger partial charge in [-0.05, 0) is 43.2 Å². The van der Waals surface area contributed by atoms with Gasteiger partial charge in [0.15, 0.2) is 5.96 Å². The first-order valence-electron chi connectivity index (χ1n) is 9.96. The fourth-order valence-electron chi connectivity index (χ4n) is 2.58. The second-order valence-electron chi connectivity index (χ2n) is 7.23. The molecule has 0 fully saturated rings. The number of hydrogen-bond donors (Lipinski definition) is 2. The highest BCUT2D eigenvalue weighted by molar-refractivity contribution is 14.0. The summed E-state index contributed by atoms with van der Waals surface area (Å²) in [7, 11) is 5.09. The lowest BCUT2D eigenvalue weighted by molar-refractivity contribution is -0.127. The largest absolute Gasteiger partial charge is 0.497 e. The second-order valence-corrected chi connectivity index (χ2v) is 7.23. The van der Waals surface area contributed by atoms with Gasteiger partial charge in [-0.25, -0.2) is 4.99 Å². The van der Waals surface area contributed by atoms with Gasteiger partial charge in [-0.1, -0.05) is 30.3 Å². The van der Waals surface area contributed by atoms with Gasteiger partial charge in [0.25, 0.3) is 0 Å². The Morgan fingerprint density at radius 2 is 1.77 bits per heavy atom. The molecular formula is C23H33IN4O3. The van der Waals surface area contributed by atoms with Gasteiger partial charge in [-0.2, -0.15) is 0 Å². The van der Waals surface area contributed by atoms with Gasteiger partial charge < -0.3 is 25.0 Å². The van der Waals surface area contributed by atoms with E-state index in [0.29, 0.717) is 19.0 Å². The SMILES string of the molecule is COc1ccc(CN=C(NCC(=O)N(C)C)NCC(C)Oc2ccccc2C)cc1.I. The van der Waals surface area contributed by atoms with Crippen LogP contribution in [-0.2, 0) is 11.3 Å². The van der Waals surface area contributed by atoms with E-state index in [4.69, 9.17) is 9.47 Å². The van der Waals surface area contributed by atoms with E-state index in [-0.39, 0.29) is 42.5 Å². The number of para-hydroxylation sites is 1. The maximum atomic E-state index is 12.0. The number of amides is 1. The van der Waals surface area contributed by atoms with Crippen molar-refractivity contribution >= 4 is 35.8 Å². The van der Waals surface area contributed by atoms with Crippen LogP contribution in [0, 0.1) is 6.92 Å². The molecular weight excluding hydrogens is 507 g/mol. The van der Waals surface area contributed by atoms with E-state index in [2.05, 4.69) is 15.6 Å². The molecule has 2 rings (SSSR count). The molecule has 0 aliphatic rings.